The van der Waals surface area contributed by atoms with E-state index in [4.69, 9.17) is 9.26 Å². The van der Waals surface area contributed by atoms with Crippen LogP contribution in [0.3, 0.4) is 0 Å². The molecule has 24 heavy (non-hydrogen) atoms. The minimum Gasteiger partial charge on any atom is -0.390 e. The van der Waals surface area contributed by atoms with Crippen LogP contribution in [0.15, 0.2) is 29.0 Å². The van der Waals surface area contributed by atoms with Gasteiger partial charge in [0.1, 0.15) is 0 Å². The standard InChI is InChI=1S/C17H22N4O3/c22-14-2-1-11-23-17(14)5-9-21(10-6-17)12-15-19-16(20-24-15)13-3-7-18-8-4-13/h3-4,7-8,14,22H,1-2,5-6,9-12H2/t14-/m0/s1. The van der Waals surface area contributed by atoms with Gasteiger partial charge >= 0.3 is 0 Å². The molecular weight excluding hydrogens is 308 g/mol. The van der Waals surface area contributed by atoms with E-state index in [1.54, 1.807) is 12.4 Å². The molecule has 0 aromatic carbocycles. The van der Waals surface area contributed by atoms with Gasteiger partial charge in [0.25, 0.3) is 0 Å². The molecule has 2 aromatic heterocycles. The Labute approximate surface area is 140 Å². The molecule has 2 aliphatic rings. The third kappa shape index (κ3) is 3.07. The number of hydrogen-bond acceptors (Lipinski definition) is 7. The number of ether oxygens (including phenoxy) is 1. The first-order chi connectivity index (χ1) is 11.8. The van der Waals surface area contributed by atoms with Crippen molar-refractivity contribution in [3.63, 3.8) is 0 Å². The highest BCUT2D eigenvalue weighted by molar-refractivity contribution is 5.52. The average molecular weight is 330 g/mol. The third-order valence-corrected chi connectivity index (χ3v) is 5.09. The molecule has 0 radical (unpaired) electrons. The average Bonchev–Trinajstić information content (AvgIpc) is 3.09. The lowest BCUT2D eigenvalue weighted by molar-refractivity contribution is -0.177. The highest BCUT2D eigenvalue weighted by atomic mass is 16.5. The van der Waals surface area contributed by atoms with Gasteiger partial charge in [0.2, 0.25) is 11.7 Å². The summed E-state index contributed by atoms with van der Waals surface area (Å²) in [4.78, 5) is 10.7. The molecule has 2 fully saturated rings. The topological polar surface area (TPSA) is 84.5 Å². The van der Waals surface area contributed by atoms with E-state index >= 15 is 0 Å². The largest absolute Gasteiger partial charge is 0.390 e. The molecular formula is C17H22N4O3. The van der Waals surface area contributed by atoms with Crippen molar-refractivity contribution in [1.82, 2.24) is 20.0 Å². The van der Waals surface area contributed by atoms with Crippen LogP contribution in [0.5, 0.6) is 0 Å². The predicted octanol–water partition coefficient (Wildman–Crippen LogP) is 1.64. The summed E-state index contributed by atoms with van der Waals surface area (Å²) in [6, 6.07) is 3.72. The Morgan fingerprint density at radius 3 is 2.79 bits per heavy atom. The molecule has 0 amide bonds. The quantitative estimate of drug-likeness (QED) is 0.915. The molecule has 128 valence electrons. The number of aromatic nitrogens is 3. The fourth-order valence-corrected chi connectivity index (χ4v) is 3.61. The second-order valence-electron chi connectivity index (χ2n) is 6.60. The number of aliphatic hydroxyl groups excluding tert-OH is 1. The van der Waals surface area contributed by atoms with Crippen molar-refractivity contribution < 1.29 is 14.4 Å². The molecule has 2 saturated heterocycles. The summed E-state index contributed by atoms with van der Waals surface area (Å²) in [6.45, 7) is 3.12. The molecule has 0 bridgehead atoms. The maximum atomic E-state index is 10.3. The van der Waals surface area contributed by atoms with Gasteiger partial charge < -0.3 is 14.4 Å². The smallest absolute Gasteiger partial charge is 0.241 e. The lowest BCUT2D eigenvalue weighted by atomic mass is 9.82. The Morgan fingerprint density at radius 2 is 2.04 bits per heavy atom. The maximum Gasteiger partial charge on any atom is 0.241 e. The van der Waals surface area contributed by atoms with Gasteiger partial charge in [-0.2, -0.15) is 4.98 Å². The van der Waals surface area contributed by atoms with Crippen molar-refractivity contribution in [2.45, 2.75) is 43.9 Å². The van der Waals surface area contributed by atoms with E-state index in [1.807, 2.05) is 12.1 Å². The molecule has 7 heteroatoms. The molecule has 1 spiro atoms. The van der Waals surface area contributed by atoms with Gasteiger partial charge in [0, 0.05) is 37.7 Å². The van der Waals surface area contributed by atoms with E-state index < -0.39 is 0 Å². The molecule has 4 rings (SSSR count). The maximum absolute atomic E-state index is 10.3. The number of rotatable bonds is 3. The first kappa shape index (κ1) is 15.7. The number of likely N-dealkylation sites (tertiary alicyclic amines) is 1. The fourth-order valence-electron chi connectivity index (χ4n) is 3.61. The van der Waals surface area contributed by atoms with Gasteiger partial charge in [0.05, 0.1) is 18.2 Å². The second-order valence-corrected chi connectivity index (χ2v) is 6.60. The highest BCUT2D eigenvalue weighted by Gasteiger charge is 2.43. The van der Waals surface area contributed by atoms with Crippen molar-refractivity contribution in [1.29, 1.82) is 0 Å². The zero-order valence-electron chi connectivity index (χ0n) is 13.6. The number of aliphatic hydroxyl groups is 1. The monoisotopic (exact) mass is 330 g/mol. The number of piperidine rings is 1. The molecule has 0 aliphatic carbocycles. The Bertz CT molecular complexity index is 667. The van der Waals surface area contributed by atoms with Gasteiger partial charge in [-0.3, -0.25) is 9.88 Å². The van der Waals surface area contributed by atoms with Crippen molar-refractivity contribution in [3.05, 3.63) is 30.4 Å². The zero-order chi connectivity index (χ0) is 16.4. The number of nitrogens with zero attached hydrogens (tertiary/aromatic N) is 4. The summed E-state index contributed by atoms with van der Waals surface area (Å²) in [6.07, 6.45) is 6.58. The van der Waals surface area contributed by atoms with Crippen LogP contribution >= 0.6 is 0 Å². The summed E-state index contributed by atoms with van der Waals surface area (Å²) in [7, 11) is 0. The molecule has 2 aromatic rings. The van der Waals surface area contributed by atoms with Crippen LogP contribution in [0, 0.1) is 0 Å². The lowest BCUT2D eigenvalue weighted by Crippen LogP contribution is -2.55. The fraction of sp³-hybridized carbons (Fsp3) is 0.588. The van der Waals surface area contributed by atoms with Crippen LogP contribution < -0.4 is 0 Å². The van der Waals surface area contributed by atoms with Crippen LogP contribution in [-0.4, -0.2) is 56.5 Å². The van der Waals surface area contributed by atoms with Crippen molar-refractivity contribution in [2.24, 2.45) is 0 Å². The number of hydrogen-bond donors (Lipinski definition) is 1. The molecule has 1 N–H and O–H groups in total. The summed E-state index contributed by atoms with van der Waals surface area (Å²) in [5.74, 6) is 1.20. The van der Waals surface area contributed by atoms with Gasteiger partial charge in [-0.05, 0) is 37.8 Å². The number of pyridine rings is 1. The Balaban J connectivity index is 1.37. The molecule has 4 heterocycles. The Hall–Kier alpha value is -1.83. The van der Waals surface area contributed by atoms with E-state index in [9.17, 15) is 5.11 Å². The third-order valence-electron chi connectivity index (χ3n) is 5.09. The van der Waals surface area contributed by atoms with E-state index in [-0.39, 0.29) is 11.7 Å². The minimum atomic E-state index is -0.341. The predicted molar refractivity (Wildman–Crippen MR) is 86.0 cm³/mol. The SMILES string of the molecule is O[C@H]1CCCOC12CCN(Cc1nc(-c3ccncc3)no1)CC2. The molecule has 1 atom stereocenters. The second kappa shape index (κ2) is 6.58. The highest BCUT2D eigenvalue weighted by Crippen LogP contribution is 2.35. The van der Waals surface area contributed by atoms with E-state index in [2.05, 4.69) is 20.0 Å². The van der Waals surface area contributed by atoms with Gasteiger partial charge in [0.15, 0.2) is 0 Å². The summed E-state index contributed by atoms with van der Waals surface area (Å²) < 4.78 is 11.3. The summed E-state index contributed by atoms with van der Waals surface area (Å²) in [5.41, 5.74) is 0.558. The first-order valence-corrected chi connectivity index (χ1v) is 8.53. The van der Waals surface area contributed by atoms with Crippen molar-refractivity contribution in [2.75, 3.05) is 19.7 Å². The van der Waals surface area contributed by atoms with Gasteiger partial charge in [-0.15, -0.1) is 0 Å². The molecule has 0 saturated carbocycles. The lowest BCUT2D eigenvalue weighted by Gasteiger charge is -2.46. The van der Waals surface area contributed by atoms with Crippen molar-refractivity contribution >= 4 is 0 Å². The van der Waals surface area contributed by atoms with Gasteiger partial charge in [-0.1, -0.05) is 5.16 Å². The molecule has 7 nitrogen and oxygen atoms in total. The minimum absolute atomic E-state index is 0.338. The van der Waals surface area contributed by atoms with E-state index in [0.29, 0.717) is 18.3 Å². The van der Waals surface area contributed by atoms with E-state index in [1.165, 1.54) is 0 Å². The summed E-state index contributed by atoms with van der Waals surface area (Å²) in [5, 5.41) is 14.3. The van der Waals surface area contributed by atoms with Crippen LogP contribution in [0.1, 0.15) is 31.6 Å². The van der Waals surface area contributed by atoms with Gasteiger partial charge in [-0.25, -0.2) is 0 Å². The Kier molecular flexibility index (Phi) is 4.30. The van der Waals surface area contributed by atoms with E-state index in [0.717, 1.165) is 50.9 Å². The normalized spacial score (nSPS) is 24.3. The molecule has 2 aliphatic heterocycles. The summed E-state index contributed by atoms with van der Waals surface area (Å²) >= 11 is 0. The van der Waals surface area contributed by atoms with Crippen molar-refractivity contribution in [3.8, 4) is 11.4 Å². The van der Waals surface area contributed by atoms with Crippen LogP contribution in [0.25, 0.3) is 11.4 Å². The van der Waals surface area contributed by atoms with Crippen LogP contribution in [-0.2, 0) is 11.3 Å². The Morgan fingerprint density at radius 1 is 1.25 bits per heavy atom. The first-order valence-electron chi connectivity index (χ1n) is 8.53. The van der Waals surface area contributed by atoms with Crippen LogP contribution in [0.2, 0.25) is 0 Å². The zero-order valence-corrected chi connectivity index (χ0v) is 13.6. The molecule has 0 unspecified atom stereocenters. The van der Waals surface area contributed by atoms with Crippen LogP contribution in [0.4, 0.5) is 0 Å².